The van der Waals surface area contributed by atoms with Crippen molar-refractivity contribution in [2.24, 2.45) is 5.73 Å². The standard InChI is InChI=1S/C12H18N2O2/c1-2-11(14-7-8-15)9-3-5-10(6-4-9)12(13)16/h3-6,11,14-15H,2,7-8H2,1H3,(H2,13,16). The molecule has 1 amide bonds. The smallest absolute Gasteiger partial charge is 0.248 e. The molecule has 88 valence electrons. The zero-order chi connectivity index (χ0) is 12.0. The number of aliphatic hydroxyl groups is 1. The van der Waals surface area contributed by atoms with Crippen molar-refractivity contribution >= 4 is 5.91 Å². The van der Waals surface area contributed by atoms with Crippen molar-refractivity contribution in [1.29, 1.82) is 0 Å². The third-order valence-electron chi connectivity index (χ3n) is 2.51. The Morgan fingerprint density at radius 1 is 1.44 bits per heavy atom. The molecule has 1 atom stereocenters. The van der Waals surface area contributed by atoms with Crippen LogP contribution in [0.2, 0.25) is 0 Å². The first kappa shape index (κ1) is 12.7. The van der Waals surface area contributed by atoms with Gasteiger partial charge >= 0.3 is 0 Å². The first-order chi connectivity index (χ1) is 7.69. The zero-order valence-corrected chi connectivity index (χ0v) is 9.44. The highest BCUT2D eigenvalue weighted by Gasteiger charge is 2.08. The van der Waals surface area contributed by atoms with Crippen LogP contribution in [0.15, 0.2) is 24.3 Å². The van der Waals surface area contributed by atoms with Crippen molar-refractivity contribution in [2.75, 3.05) is 13.2 Å². The van der Waals surface area contributed by atoms with Gasteiger partial charge < -0.3 is 16.2 Å². The summed E-state index contributed by atoms with van der Waals surface area (Å²) in [7, 11) is 0. The number of hydrogen-bond donors (Lipinski definition) is 3. The van der Waals surface area contributed by atoms with E-state index in [9.17, 15) is 4.79 Å². The van der Waals surface area contributed by atoms with Crippen LogP contribution in [0.25, 0.3) is 0 Å². The van der Waals surface area contributed by atoms with E-state index in [-0.39, 0.29) is 12.6 Å². The molecule has 0 radical (unpaired) electrons. The van der Waals surface area contributed by atoms with Gasteiger partial charge in [-0.2, -0.15) is 0 Å². The number of hydrogen-bond acceptors (Lipinski definition) is 3. The Morgan fingerprint density at radius 3 is 2.50 bits per heavy atom. The molecule has 1 aromatic rings. The van der Waals surface area contributed by atoms with E-state index in [2.05, 4.69) is 12.2 Å². The predicted octanol–water partition coefficient (Wildman–Crippen LogP) is 0.819. The molecule has 4 heteroatoms. The summed E-state index contributed by atoms with van der Waals surface area (Å²) in [5, 5.41) is 12.0. The summed E-state index contributed by atoms with van der Waals surface area (Å²) in [6.45, 7) is 2.75. The van der Waals surface area contributed by atoms with Gasteiger partial charge in [-0.25, -0.2) is 0 Å². The molecule has 0 saturated heterocycles. The molecule has 0 aliphatic rings. The Hall–Kier alpha value is -1.39. The van der Waals surface area contributed by atoms with E-state index in [1.165, 1.54) is 0 Å². The number of rotatable bonds is 6. The fraction of sp³-hybridized carbons (Fsp3) is 0.417. The van der Waals surface area contributed by atoms with Crippen LogP contribution in [0.5, 0.6) is 0 Å². The summed E-state index contributed by atoms with van der Waals surface area (Å²) in [5.74, 6) is -0.414. The summed E-state index contributed by atoms with van der Waals surface area (Å²) < 4.78 is 0. The summed E-state index contributed by atoms with van der Waals surface area (Å²) in [6, 6.07) is 7.42. The first-order valence-electron chi connectivity index (χ1n) is 5.43. The van der Waals surface area contributed by atoms with Crippen molar-refractivity contribution in [2.45, 2.75) is 19.4 Å². The highest BCUT2D eigenvalue weighted by Crippen LogP contribution is 2.16. The van der Waals surface area contributed by atoms with Crippen LogP contribution in [0.4, 0.5) is 0 Å². The van der Waals surface area contributed by atoms with Crippen LogP contribution in [-0.2, 0) is 0 Å². The van der Waals surface area contributed by atoms with Crippen LogP contribution in [0.1, 0.15) is 35.3 Å². The average Bonchev–Trinajstić information content (AvgIpc) is 2.30. The lowest BCUT2D eigenvalue weighted by molar-refractivity contribution is 0.100. The van der Waals surface area contributed by atoms with Gasteiger partial charge in [-0.3, -0.25) is 4.79 Å². The molecular weight excluding hydrogens is 204 g/mol. The Morgan fingerprint density at radius 2 is 2.06 bits per heavy atom. The Balaban J connectivity index is 2.74. The third-order valence-corrected chi connectivity index (χ3v) is 2.51. The van der Waals surface area contributed by atoms with Crippen molar-refractivity contribution < 1.29 is 9.90 Å². The van der Waals surface area contributed by atoms with Gasteiger partial charge in [0.05, 0.1) is 6.61 Å². The lowest BCUT2D eigenvalue weighted by Crippen LogP contribution is -2.24. The quantitative estimate of drug-likeness (QED) is 0.667. The topological polar surface area (TPSA) is 75.3 Å². The minimum absolute atomic E-state index is 0.121. The number of aliphatic hydroxyl groups excluding tert-OH is 1. The van der Waals surface area contributed by atoms with E-state index in [1.807, 2.05) is 12.1 Å². The first-order valence-corrected chi connectivity index (χ1v) is 5.43. The number of primary amides is 1. The van der Waals surface area contributed by atoms with Crippen molar-refractivity contribution in [3.8, 4) is 0 Å². The van der Waals surface area contributed by atoms with Gasteiger partial charge in [0.15, 0.2) is 0 Å². The number of nitrogens with two attached hydrogens (primary N) is 1. The van der Waals surface area contributed by atoms with E-state index < -0.39 is 5.91 Å². The number of benzene rings is 1. The highest BCUT2D eigenvalue weighted by molar-refractivity contribution is 5.92. The second kappa shape index (κ2) is 6.25. The van der Waals surface area contributed by atoms with Gasteiger partial charge in [0.2, 0.25) is 5.91 Å². The molecule has 1 rings (SSSR count). The Labute approximate surface area is 95.5 Å². The third kappa shape index (κ3) is 3.32. The summed E-state index contributed by atoms with van der Waals surface area (Å²) in [4.78, 5) is 10.9. The SMILES string of the molecule is CCC(NCCO)c1ccc(C(N)=O)cc1. The predicted molar refractivity (Wildman–Crippen MR) is 63.1 cm³/mol. The molecule has 16 heavy (non-hydrogen) atoms. The number of carbonyl (C=O) groups excluding carboxylic acids is 1. The number of amides is 1. The Kier molecular flexibility index (Phi) is 4.95. The minimum Gasteiger partial charge on any atom is -0.395 e. The maximum absolute atomic E-state index is 10.9. The van der Waals surface area contributed by atoms with Gasteiger partial charge in [0.1, 0.15) is 0 Å². The molecule has 0 fully saturated rings. The monoisotopic (exact) mass is 222 g/mol. The maximum Gasteiger partial charge on any atom is 0.248 e. The van der Waals surface area contributed by atoms with Crippen LogP contribution in [0.3, 0.4) is 0 Å². The van der Waals surface area contributed by atoms with Gasteiger partial charge in [0.25, 0.3) is 0 Å². The van der Waals surface area contributed by atoms with E-state index in [0.717, 1.165) is 12.0 Å². The lowest BCUT2D eigenvalue weighted by Gasteiger charge is -2.16. The van der Waals surface area contributed by atoms with Crippen LogP contribution in [0, 0.1) is 0 Å². The largest absolute Gasteiger partial charge is 0.395 e. The minimum atomic E-state index is -0.414. The second-order valence-corrected chi connectivity index (χ2v) is 3.62. The number of nitrogens with one attached hydrogen (secondary N) is 1. The molecule has 0 aromatic heterocycles. The number of carbonyl (C=O) groups is 1. The van der Waals surface area contributed by atoms with Crippen molar-refractivity contribution in [1.82, 2.24) is 5.32 Å². The molecule has 1 aromatic carbocycles. The van der Waals surface area contributed by atoms with Crippen molar-refractivity contribution in [3.05, 3.63) is 35.4 Å². The summed E-state index contributed by atoms with van der Waals surface area (Å²) >= 11 is 0. The van der Waals surface area contributed by atoms with E-state index >= 15 is 0 Å². The molecule has 0 aliphatic carbocycles. The summed E-state index contributed by atoms with van der Waals surface area (Å²) in [5.41, 5.74) is 6.78. The Bertz CT molecular complexity index is 335. The fourth-order valence-corrected chi connectivity index (χ4v) is 1.62. The second-order valence-electron chi connectivity index (χ2n) is 3.62. The molecule has 4 nitrogen and oxygen atoms in total. The van der Waals surface area contributed by atoms with Gasteiger partial charge in [0, 0.05) is 18.2 Å². The maximum atomic E-state index is 10.9. The van der Waals surface area contributed by atoms with Crippen molar-refractivity contribution in [3.63, 3.8) is 0 Å². The fourth-order valence-electron chi connectivity index (χ4n) is 1.62. The highest BCUT2D eigenvalue weighted by atomic mass is 16.3. The lowest BCUT2D eigenvalue weighted by atomic mass is 10.0. The summed E-state index contributed by atoms with van der Waals surface area (Å²) in [6.07, 6.45) is 0.927. The molecule has 1 unspecified atom stereocenters. The molecule has 0 bridgehead atoms. The van der Waals surface area contributed by atoms with Crippen LogP contribution >= 0.6 is 0 Å². The van der Waals surface area contributed by atoms with E-state index in [0.29, 0.717) is 12.1 Å². The molecule has 4 N–H and O–H groups in total. The molecule has 0 aliphatic heterocycles. The molecular formula is C12H18N2O2. The molecule has 0 heterocycles. The van der Waals surface area contributed by atoms with Gasteiger partial charge in [-0.1, -0.05) is 19.1 Å². The van der Waals surface area contributed by atoms with E-state index in [1.54, 1.807) is 12.1 Å². The average molecular weight is 222 g/mol. The normalized spacial score (nSPS) is 12.4. The van der Waals surface area contributed by atoms with Gasteiger partial charge in [-0.15, -0.1) is 0 Å². The zero-order valence-electron chi connectivity index (χ0n) is 9.44. The molecule has 0 saturated carbocycles. The molecule has 0 spiro atoms. The van der Waals surface area contributed by atoms with Gasteiger partial charge in [-0.05, 0) is 24.1 Å². The van der Waals surface area contributed by atoms with Crippen LogP contribution < -0.4 is 11.1 Å². The van der Waals surface area contributed by atoms with E-state index in [4.69, 9.17) is 10.8 Å². The van der Waals surface area contributed by atoms with Crippen LogP contribution in [-0.4, -0.2) is 24.2 Å².